The van der Waals surface area contributed by atoms with E-state index in [1.54, 1.807) is 25.3 Å². The first-order valence-electron chi connectivity index (χ1n) is 11.9. The molecular weight excluding hydrogens is 500 g/mol. The summed E-state index contributed by atoms with van der Waals surface area (Å²) < 4.78 is 5.20. The van der Waals surface area contributed by atoms with Crippen LogP contribution in [0.1, 0.15) is 22.3 Å². The van der Waals surface area contributed by atoms with Crippen LogP contribution in [-0.4, -0.2) is 35.9 Å². The highest BCUT2D eigenvalue weighted by atomic mass is 32.2. The van der Waals surface area contributed by atoms with Gasteiger partial charge in [0.2, 0.25) is 5.91 Å². The van der Waals surface area contributed by atoms with E-state index < -0.39 is 11.9 Å². The highest BCUT2D eigenvalue weighted by Crippen LogP contribution is 2.31. The lowest BCUT2D eigenvalue weighted by atomic mass is 10.1. The minimum absolute atomic E-state index is 0.0953. The predicted octanol–water partition coefficient (Wildman–Crippen LogP) is 4.81. The molecule has 0 aliphatic carbocycles. The number of aryl methyl sites for hydroxylation is 2. The van der Waals surface area contributed by atoms with Crippen molar-refractivity contribution in [3.63, 3.8) is 0 Å². The monoisotopic (exact) mass is 528 g/mol. The third-order valence-electron chi connectivity index (χ3n) is 5.59. The number of urea groups is 1. The maximum atomic E-state index is 13.4. The number of carbonyl (C=O) groups is 3. The molecule has 0 fully saturated rings. The van der Waals surface area contributed by atoms with Gasteiger partial charge in [0.25, 0.3) is 5.91 Å². The fourth-order valence-corrected chi connectivity index (χ4v) is 4.69. The number of imide groups is 1. The van der Waals surface area contributed by atoms with E-state index in [1.807, 2.05) is 74.5 Å². The average molecular weight is 529 g/mol. The minimum atomic E-state index is -0.588. The zero-order valence-corrected chi connectivity index (χ0v) is 22.2. The second kappa shape index (κ2) is 12.2. The Morgan fingerprint density at radius 2 is 1.68 bits per heavy atom. The van der Waals surface area contributed by atoms with Gasteiger partial charge < -0.3 is 10.1 Å². The van der Waals surface area contributed by atoms with Gasteiger partial charge in [-0.25, -0.2) is 9.79 Å². The Morgan fingerprint density at radius 1 is 1.00 bits per heavy atom. The number of benzene rings is 3. The molecule has 0 saturated carbocycles. The quantitative estimate of drug-likeness (QED) is 0.429. The molecular formula is C29H28N4O4S. The first kappa shape index (κ1) is 26.7. The fourth-order valence-electron chi connectivity index (χ4n) is 3.87. The SMILES string of the molecule is COc1ccc(/C=C2\N=C(SCC(=O)NC(=O)NCc3ccccc3)N(c3cc(C)cc(C)c3)C2=O)cc1. The third-order valence-corrected chi connectivity index (χ3v) is 6.53. The first-order valence-corrected chi connectivity index (χ1v) is 12.9. The van der Waals surface area contributed by atoms with Crippen molar-refractivity contribution in [2.75, 3.05) is 17.8 Å². The summed E-state index contributed by atoms with van der Waals surface area (Å²) in [6.07, 6.45) is 1.70. The molecule has 9 heteroatoms. The van der Waals surface area contributed by atoms with Crippen LogP contribution < -0.4 is 20.3 Å². The number of hydrogen-bond acceptors (Lipinski definition) is 6. The standard InChI is InChI=1S/C29H28N4O4S/c1-19-13-20(2)15-23(14-19)33-27(35)25(16-21-9-11-24(37-3)12-10-21)31-29(33)38-18-26(34)32-28(36)30-17-22-7-5-4-6-8-22/h4-16H,17-18H2,1-3H3,(H2,30,32,34,36)/b25-16-. The van der Waals surface area contributed by atoms with Crippen LogP contribution in [0.25, 0.3) is 6.08 Å². The number of ether oxygens (including phenoxy) is 1. The van der Waals surface area contributed by atoms with Crippen molar-refractivity contribution >= 4 is 46.5 Å². The van der Waals surface area contributed by atoms with Gasteiger partial charge in [0.1, 0.15) is 11.4 Å². The van der Waals surface area contributed by atoms with Gasteiger partial charge in [-0.3, -0.25) is 19.8 Å². The summed E-state index contributed by atoms with van der Waals surface area (Å²) in [5.74, 6) is -0.180. The Balaban J connectivity index is 1.48. The number of thioether (sulfide) groups is 1. The normalized spacial score (nSPS) is 13.9. The molecule has 0 spiro atoms. The predicted molar refractivity (Wildman–Crippen MR) is 151 cm³/mol. The van der Waals surface area contributed by atoms with Crippen molar-refractivity contribution < 1.29 is 19.1 Å². The molecule has 194 valence electrons. The Bertz CT molecular complexity index is 1380. The summed E-state index contributed by atoms with van der Waals surface area (Å²) >= 11 is 1.09. The van der Waals surface area contributed by atoms with Crippen LogP contribution in [0.15, 0.2) is 83.5 Å². The summed E-state index contributed by atoms with van der Waals surface area (Å²) in [6, 6.07) is 21.9. The van der Waals surface area contributed by atoms with Gasteiger partial charge in [-0.1, -0.05) is 60.3 Å². The van der Waals surface area contributed by atoms with Crippen LogP contribution in [0.2, 0.25) is 0 Å². The molecule has 3 aromatic carbocycles. The number of carbonyl (C=O) groups excluding carboxylic acids is 3. The number of methoxy groups -OCH3 is 1. The van der Waals surface area contributed by atoms with Gasteiger partial charge in [-0.15, -0.1) is 0 Å². The van der Waals surface area contributed by atoms with E-state index in [1.165, 1.54) is 4.90 Å². The molecule has 38 heavy (non-hydrogen) atoms. The van der Waals surface area contributed by atoms with Crippen molar-refractivity contribution in [2.45, 2.75) is 20.4 Å². The highest BCUT2D eigenvalue weighted by Gasteiger charge is 2.32. The number of nitrogens with one attached hydrogen (secondary N) is 2. The lowest BCUT2D eigenvalue weighted by Crippen LogP contribution is -2.40. The molecule has 2 N–H and O–H groups in total. The van der Waals surface area contributed by atoms with Crippen LogP contribution in [-0.2, 0) is 16.1 Å². The highest BCUT2D eigenvalue weighted by molar-refractivity contribution is 8.14. The van der Waals surface area contributed by atoms with E-state index in [9.17, 15) is 14.4 Å². The van der Waals surface area contributed by atoms with Crippen LogP contribution in [0.3, 0.4) is 0 Å². The number of aliphatic imine (C=N–C) groups is 1. The molecule has 1 aliphatic heterocycles. The molecule has 0 unspecified atom stereocenters. The topological polar surface area (TPSA) is 100 Å². The second-order valence-corrected chi connectivity index (χ2v) is 9.63. The van der Waals surface area contributed by atoms with E-state index in [4.69, 9.17) is 4.74 Å². The molecule has 1 heterocycles. The maximum absolute atomic E-state index is 13.4. The van der Waals surface area contributed by atoms with Gasteiger partial charge in [0.05, 0.1) is 18.6 Å². The zero-order valence-electron chi connectivity index (χ0n) is 21.4. The van der Waals surface area contributed by atoms with Crippen LogP contribution in [0.5, 0.6) is 5.75 Å². The summed E-state index contributed by atoms with van der Waals surface area (Å²) in [7, 11) is 1.59. The Kier molecular flexibility index (Phi) is 8.60. The van der Waals surface area contributed by atoms with E-state index in [0.717, 1.165) is 34.0 Å². The Labute approximate surface area is 225 Å². The van der Waals surface area contributed by atoms with Crippen molar-refractivity contribution in [1.29, 1.82) is 0 Å². The number of amidine groups is 1. The smallest absolute Gasteiger partial charge is 0.321 e. The summed E-state index contributed by atoms with van der Waals surface area (Å²) in [5, 5.41) is 5.35. The largest absolute Gasteiger partial charge is 0.497 e. The Hall–Kier alpha value is -4.37. The van der Waals surface area contributed by atoms with Crippen molar-refractivity contribution in [3.05, 3.63) is 101 Å². The van der Waals surface area contributed by atoms with Crippen molar-refractivity contribution in [1.82, 2.24) is 10.6 Å². The van der Waals surface area contributed by atoms with E-state index in [2.05, 4.69) is 15.6 Å². The lowest BCUT2D eigenvalue weighted by Gasteiger charge is -2.19. The molecule has 8 nitrogen and oxygen atoms in total. The molecule has 4 amide bonds. The van der Waals surface area contributed by atoms with Gasteiger partial charge in [-0.05, 0) is 66.4 Å². The van der Waals surface area contributed by atoms with E-state index in [-0.39, 0.29) is 17.4 Å². The third kappa shape index (κ3) is 6.89. The Morgan fingerprint density at radius 3 is 2.34 bits per heavy atom. The zero-order chi connectivity index (χ0) is 27.1. The summed E-state index contributed by atoms with van der Waals surface area (Å²) in [5.41, 5.74) is 4.62. The molecule has 0 saturated heterocycles. The van der Waals surface area contributed by atoms with E-state index in [0.29, 0.717) is 23.1 Å². The molecule has 0 radical (unpaired) electrons. The van der Waals surface area contributed by atoms with E-state index >= 15 is 0 Å². The maximum Gasteiger partial charge on any atom is 0.321 e. The molecule has 0 aromatic heterocycles. The van der Waals surface area contributed by atoms with Gasteiger partial charge >= 0.3 is 6.03 Å². The average Bonchev–Trinajstić information content (AvgIpc) is 3.21. The lowest BCUT2D eigenvalue weighted by molar-refractivity contribution is -0.117. The summed E-state index contributed by atoms with van der Waals surface area (Å²) in [6.45, 7) is 4.21. The molecule has 3 aromatic rings. The number of hydrogen-bond donors (Lipinski definition) is 2. The minimum Gasteiger partial charge on any atom is -0.497 e. The van der Waals surface area contributed by atoms with Crippen molar-refractivity contribution in [3.8, 4) is 5.75 Å². The second-order valence-electron chi connectivity index (χ2n) is 8.69. The van der Waals surface area contributed by atoms with Crippen LogP contribution in [0.4, 0.5) is 10.5 Å². The number of rotatable bonds is 7. The van der Waals surface area contributed by atoms with Gasteiger partial charge in [-0.2, -0.15) is 0 Å². The van der Waals surface area contributed by atoms with Crippen LogP contribution >= 0.6 is 11.8 Å². The van der Waals surface area contributed by atoms with Gasteiger partial charge in [0.15, 0.2) is 5.17 Å². The molecule has 0 bridgehead atoms. The number of anilines is 1. The first-order chi connectivity index (χ1) is 18.3. The number of nitrogens with zero attached hydrogens (tertiary/aromatic N) is 2. The molecule has 1 aliphatic rings. The summed E-state index contributed by atoms with van der Waals surface area (Å²) in [4.78, 5) is 44.2. The van der Waals surface area contributed by atoms with Gasteiger partial charge in [0, 0.05) is 6.54 Å². The fraction of sp³-hybridized carbons (Fsp3) is 0.172. The molecule has 4 rings (SSSR count). The van der Waals surface area contributed by atoms with Crippen molar-refractivity contribution in [2.24, 2.45) is 4.99 Å². The molecule has 0 atom stereocenters. The van der Waals surface area contributed by atoms with Crippen LogP contribution in [0, 0.1) is 13.8 Å². The number of amides is 4.